The highest BCUT2D eigenvalue weighted by Gasteiger charge is 2.27. The lowest BCUT2D eigenvalue weighted by molar-refractivity contribution is -0.0184. The van der Waals surface area contributed by atoms with Gasteiger partial charge in [-0.15, -0.1) is 0 Å². The Bertz CT molecular complexity index is 493. The average Bonchev–Trinajstić information content (AvgIpc) is 2.51. The van der Waals surface area contributed by atoms with Crippen LogP contribution in [0, 0.1) is 6.92 Å². The van der Waals surface area contributed by atoms with E-state index in [-0.39, 0.29) is 18.6 Å². The first-order valence-corrected chi connectivity index (χ1v) is 7.37. The molecule has 116 valence electrons. The Morgan fingerprint density at radius 1 is 1.57 bits per heavy atom. The predicted octanol–water partition coefficient (Wildman–Crippen LogP) is 1.05. The molecule has 1 saturated heterocycles. The molecule has 0 spiro atoms. The van der Waals surface area contributed by atoms with Crippen LogP contribution in [0.2, 0.25) is 0 Å². The van der Waals surface area contributed by atoms with Crippen LogP contribution in [-0.4, -0.2) is 59.8 Å². The predicted molar refractivity (Wildman–Crippen MR) is 80.5 cm³/mol. The molecular weight excluding hydrogens is 270 g/mol. The zero-order valence-electron chi connectivity index (χ0n) is 12.6. The van der Waals surface area contributed by atoms with Gasteiger partial charge in [0.2, 0.25) is 0 Å². The largest absolute Gasteiger partial charge is 0.394 e. The molecule has 1 amide bonds. The summed E-state index contributed by atoms with van der Waals surface area (Å²) in [5, 5.41) is 12.6. The average molecular weight is 293 g/mol. The van der Waals surface area contributed by atoms with E-state index in [2.05, 4.69) is 17.2 Å². The number of aliphatic hydroxyl groups is 1. The number of rotatable bonds is 5. The third kappa shape index (κ3) is 3.92. The molecule has 6 heteroatoms. The molecule has 1 aliphatic heterocycles. The smallest absolute Gasteiger partial charge is 0.254 e. The first-order valence-electron chi connectivity index (χ1n) is 7.37. The molecule has 2 N–H and O–H groups in total. The van der Waals surface area contributed by atoms with E-state index in [4.69, 9.17) is 4.74 Å². The number of amides is 1. The summed E-state index contributed by atoms with van der Waals surface area (Å²) in [4.78, 5) is 18.7. The first kappa shape index (κ1) is 15.7. The lowest BCUT2D eigenvalue weighted by atomic mass is 10.1. The van der Waals surface area contributed by atoms with Crippen molar-refractivity contribution in [1.29, 1.82) is 0 Å². The van der Waals surface area contributed by atoms with Crippen LogP contribution < -0.4 is 5.32 Å². The quantitative estimate of drug-likeness (QED) is 0.848. The number of aromatic nitrogens is 1. The van der Waals surface area contributed by atoms with Gasteiger partial charge in [-0.25, -0.2) is 4.98 Å². The number of anilines is 1. The van der Waals surface area contributed by atoms with E-state index in [1.807, 2.05) is 6.92 Å². The Morgan fingerprint density at radius 3 is 3.10 bits per heavy atom. The van der Waals surface area contributed by atoms with Crippen molar-refractivity contribution < 1.29 is 14.6 Å². The second-order valence-electron chi connectivity index (χ2n) is 5.22. The Balaban J connectivity index is 2.19. The number of pyridine rings is 1. The van der Waals surface area contributed by atoms with Crippen LogP contribution in [0.15, 0.2) is 12.1 Å². The van der Waals surface area contributed by atoms with Gasteiger partial charge >= 0.3 is 0 Å². The van der Waals surface area contributed by atoms with E-state index >= 15 is 0 Å². The number of ether oxygens (including phenoxy) is 1. The molecule has 6 nitrogen and oxygen atoms in total. The molecule has 21 heavy (non-hydrogen) atoms. The minimum atomic E-state index is -0.272. The van der Waals surface area contributed by atoms with Crippen molar-refractivity contribution in [3.63, 3.8) is 0 Å². The lowest BCUT2D eigenvalue weighted by Crippen LogP contribution is -2.50. The third-order valence-corrected chi connectivity index (χ3v) is 3.46. The first-order chi connectivity index (χ1) is 10.2. The molecule has 0 aromatic carbocycles. The van der Waals surface area contributed by atoms with Crippen molar-refractivity contribution in [2.45, 2.75) is 26.3 Å². The van der Waals surface area contributed by atoms with Crippen molar-refractivity contribution in [3.05, 3.63) is 23.4 Å². The molecular formula is C15H23N3O3. The normalized spacial score (nSPS) is 18.6. The molecule has 0 radical (unpaired) electrons. The second kappa shape index (κ2) is 7.38. The monoisotopic (exact) mass is 293 g/mol. The van der Waals surface area contributed by atoms with E-state index in [1.165, 1.54) is 0 Å². The van der Waals surface area contributed by atoms with Crippen LogP contribution in [0.1, 0.15) is 29.4 Å². The minimum absolute atomic E-state index is 0.0811. The van der Waals surface area contributed by atoms with Gasteiger partial charge in [-0.2, -0.15) is 0 Å². The molecule has 1 atom stereocenters. The highest BCUT2D eigenvalue weighted by atomic mass is 16.5. The van der Waals surface area contributed by atoms with Gasteiger partial charge in [0, 0.05) is 24.3 Å². The summed E-state index contributed by atoms with van der Waals surface area (Å²) in [7, 11) is 0. The summed E-state index contributed by atoms with van der Waals surface area (Å²) >= 11 is 0. The van der Waals surface area contributed by atoms with E-state index < -0.39 is 0 Å². The molecule has 1 unspecified atom stereocenters. The fourth-order valence-electron chi connectivity index (χ4n) is 2.37. The second-order valence-corrected chi connectivity index (χ2v) is 5.22. The molecule has 1 aliphatic rings. The van der Waals surface area contributed by atoms with Crippen molar-refractivity contribution in [2.24, 2.45) is 0 Å². The number of hydrogen-bond acceptors (Lipinski definition) is 5. The number of aliphatic hydroxyl groups excluding tert-OH is 1. The van der Waals surface area contributed by atoms with E-state index in [1.54, 1.807) is 17.0 Å². The summed E-state index contributed by atoms with van der Waals surface area (Å²) < 4.78 is 5.31. The van der Waals surface area contributed by atoms with Gasteiger partial charge in [0.1, 0.15) is 5.82 Å². The van der Waals surface area contributed by atoms with E-state index in [0.717, 1.165) is 18.7 Å². The number of nitrogens with one attached hydrogen (secondary N) is 1. The fraction of sp³-hybridized carbons (Fsp3) is 0.600. The van der Waals surface area contributed by atoms with Gasteiger partial charge in [-0.3, -0.25) is 4.79 Å². The van der Waals surface area contributed by atoms with Gasteiger partial charge in [-0.1, -0.05) is 6.92 Å². The van der Waals surface area contributed by atoms with Crippen molar-refractivity contribution in [1.82, 2.24) is 9.88 Å². The molecule has 0 bridgehead atoms. The van der Waals surface area contributed by atoms with Crippen LogP contribution in [0.3, 0.4) is 0 Å². The van der Waals surface area contributed by atoms with Gasteiger partial charge < -0.3 is 20.1 Å². The van der Waals surface area contributed by atoms with Gasteiger partial charge in [0.15, 0.2) is 0 Å². The number of aryl methyl sites for hydroxylation is 1. The maximum Gasteiger partial charge on any atom is 0.254 e. The standard InChI is InChI=1S/C15H23N3O3/c1-3-4-16-14-8-12(7-11(2)17-14)15(20)18-5-6-21-10-13(18)9-19/h7-8,13,19H,3-6,9-10H2,1-2H3,(H,16,17). The molecule has 0 saturated carbocycles. The van der Waals surface area contributed by atoms with E-state index in [9.17, 15) is 9.90 Å². The van der Waals surface area contributed by atoms with Crippen molar-refractivity contribution in [2.75, 3.05) is 38.2 Å². The maximum absolute atomic E-state index is 12.7. The number of carbonyl (C=O) groups is 1. The van der Waals surface area contributed by atoms with Gasteiger partial charge in [0.05, 0.1) is 25.9 Å². The molecule has 1 aromatic rings. The zero-order chi connectivity index (χ0) is 15.2. The number of carbonyl (C=O) groups excluding carboxylic acids is 1. The summed E-state index contributed by atoms with van der Waals surface area (Å²) in [6.45, 7) is 6.08. The van der Waals surface area contributed by atoms with Crippen LogP contribution in [0.4, 0.5) is 5.82 Å². The third-order valence-electron chi connectivity index (χ3n) is 3.46. The summed E-state index contributed by atoms with van der Waals surface area (Å²) in [6, 6.07) is 3.28. The molecule has 2 heterocycles. The van der Waals surface area contributed by atoms with Crippen LogP contribution in [0.5, 0.6) is 0 Å². The van der Waals surface area contributed by atoms with Gasteiger partial charge in [-0.05, 0) is 25.5 Å². The zero-order valence-corrected chi connectivity index (χ0v) is 12.6. The minimum Gasteiger partial charge on any atom is -0.394 e. The Labute approximate surface area is 125 Å². The number of hydrogen-bond donors (Lipinski definition) is 2. The lowest BCUT2D eigenvalue weighted by Gasteiger charge is -2.34. The SMILES string of the molecule is CCCNc1cc(C(=O)N2CCOCC2CO)cc(C)n1. The highest BCUT2D eigenvalue weighted by molar-refractivity contribution is 5.95. The highest BCUT2D eigenvalue weighted by Crippen LogP contribution is 2.16. The maximum atomic E-state index is 12.7. The summed E-state index contributed by atoms with van der Waals surface area (Å²) in [6.07, 6.45) is 0.995. The number of nitrogens with zero attached hydrogens (tertiary/aromatic N) is 2. The molecule has 0 aliphatic carbocycles. The molecule has 2 rings (SSSR count). The molecule has 1 fully saturated rings. The van der Waals surface area contributed by atoms with Crippen LogP contribution in [0.25, 0.3) is 0 Å². The number of morpholine rings is 1. The van der Waals surface area contributed by atoms with Crippen LogP contribution in [-0.2, 0) is 4.74 Å². The Kier molecular flexibility index (Phi) is 5.52. The summed E-state index contributed by atoms with van der Waals surface area (Å²) in [5.41, 5.74) is 1.40. The van der Waals surface area contributed by atoms with E-state index in [0.29, 0.717) is 31.1 Å². The topological polar surface area (TPSA) is 74.7 Å². The fourth-order valence-corrected chi connectivity index (χ4v) is 2.37. The summed E-state index contributed by atoms with van der Waals surface area (Å²) in [5.74, 6) is 0.636. The van der Waals surface area contributed by atoms with Gasteiger partial charge in [0.25, 0.3) is 5.91 Å². The molecule has 1 aromatic heterocycles. The van der Waals surface area contributed by atoms with Crippen LogP contribution >= 0.6 is 0 Å². The van der Waals surface area contributed by atoms with Crippen molar-refractivity contribution in [3.8, 4) is 0 Å². The van der Waals surface area contributed by atoms with Crippen molar-refractivity contribution >= 4 is 11.7 Å². The Morgan fingerprint density at radius 2 is 2.38 bits per heavy atom. The Hall–Kier alpha value is -1.66.